The van der Waals surface area contributed by atoms with Crippen molar-refractivity contribution in [3.05, 3.63) is 12.2 Å². The van der Waals surface area contributed by atoms with Gasteiger partial charge in [0.2, 0.25) is 0 Å². The maximum Gasteiger partial charge on any atom is 0.171 e. The van der Waals surface area contributed by atoms with Gasteiger partial charge in [-0.3, -0.25) is 0 Å². The Morgan fingerprint density at radius 1 is 1.26 bits per heavy atom. The SMILES string of the molecule is C=C(CO)CC(O)CCC1CCC2C3(CCCC12C)OCCO3. The first-order chi connectivity index (χ1) is 11.0. The number of aliphatic hydroxyl groups is 2. The normalized spacial score (nSPS) is 37.0. The van der Waals surface area contributed by atoms with Crippen LogP contribution in [0.15, 0.2) is 12.2 Å². The lowest BCUT2D eigenvalue weighted by Gasteiger charge is -2.49. The molecular weight excluding hydrogens is 292 g/mol. The molecule has 1 saturated heterocycles. The Labute approximate surface area is 139 Å². The van der Waals surface area contributed by atoms with E-state index in [2.05, 4.69) is 13.5 Å². The van der Waals surface area contributed by atoms with E-state index in [0.29, 0.717) is 18.3 Å². The van der Waals surface area contributed by atoms with Crippen molar-refractivity contribution in [1.82, 2.24) is 0 Å². The van der Waals surface area contributed by atoms with E-state index in [4.69, 9.17) is 14.6 Å². The van der Waals surface area contributed by atoms with Crippen LogP contribution >= 0.6 is 0 Å². The predicted molar refractivity (Wildman–Crippen MR) is 88.9 cm³/mol. The number of fused-ring (bicyclic) bond motifs is 2. The fourth-order valence-corrected chi connectivity index (χ4v) is 5.49. The molecule has 132 valence electrons. The molecule has 0 amide bonds. The third-order valence-electron chi connectivity index (χ3n) is 6.68. The third-order valence-corrected chi connectivity index (χ3v) is 6.68. The fraction of sp³-hybridized carbons (Fsp3) is 0.895. The topological polar surface area (TPSA) is 58.9 Å². The van der Waals surface area contributed by atoms with Crippen LogP contribution in [0, 0.1) is 17.3 Å². The van der Waals surface area contributed by atoms with Gasteiger partial charge in [0.1, 0.15) is 0 Å². The maximum atomic E-state index is 10.2. The summed E-state index contributed by atoms with van der Waals surface area (Å²) in [6, 6.07) is 0. The van der Waals surface area contributed by atoms with Gasteiger partial charge >= 0.3 is 0 Å². The van der Waals surface area contributed by atoms with Crippen LogP contribution in [0.4, 0.5) is 0 Å². The average Bonchev–Trinajstić information content (AvgIpc) is 3.11. The highest BCUT2D eigenvalue weighted by Gasteiger charge is 2.59. The number of hydrogen-bond donors (Lipinski definition) is 2. The van der Waals surface area contributed by atoms with E-state index in [1.165, 1.54) is 25.7 Å². The summed E-state index contributed by atoms with van der Waals surface area (Å²) in [5.74, 6) is 0.821. The lowest BCUT2D eigenvalue weighted by molar-refractivity contribution is -0.239. The summed E-state index contributed by atoms with van der Waals surface area (Å²) in [6.07, 6.45) is 7.82. The zero-order chi connectivity index (χ0) is 16.5. The van der Waals surface area contributed by atoms with Gasteiger partial charge in [-0.25, -0.2) is 0 Å². The first kappa shape index (κ1) is 17.4. The zero-order valence-corrected chi connectivity index (χ0v) is 14.4. The molecule has 0 aromatic rings. The van der Waals surface area contributed by atoms with Crippen molar-refractivity contribution in [1.29, 1.82) is 0 Å². The molecule has 1 heterocycles. The second-order valence-corrected chi connectivity index (χ2v) is 8.04. The van der Waals surface area contributed by atoms with Gasteiger partial charge in [-0.2, -0.15) is 0 Å². The van der Waals surface area contributed by atoms with Gasteiger partial charge in [-0.15, -0.1) is 0 Å². The Morgan fingerprint density at radius 3 is 2.70 bits per heavy atom. The van der Waals surface area contributed by atoms with E-state index >= 15 is 0 Å². The van der Waals surface area contributed by atoms with Crippen molar-refractivity contribution < 1.29 is 19.7 Å². The molecule has 3 aliphatic rings. The molecule has 4 atom stereocenters. The summed E-state index contributed by atoms with van der Waals surface area (Å²) < 4.78 is 12.2. The van der Waals surface area contributed by atoms with Crippen molar-refractivity contribution in [2.75, 3.05) is 19.8 Å². The second kappa shape index (κ2) is 6.83. The standard InChI is InChI=1S/C19H32O4/c1-14(13-20)12-16(21)6-4-15-5-7-17-18(15,2)8-3-9-19(17)22-10-11-23-19/h15-17,20-21H,1,3-13H2,2H3. The molecule has 23 heavy (non-hydrogen) atoms. The largest absolute Gasteiger partial charge is 0.393 e. The molecule has 0 aromatic heterocycles. The average molecular weight is 324 g/mol. The van der Waals surface area contributed by atoms with Crippen LogP contribution < -0.4 is 0 Å². The maximum absolute atomic E-state index is 10.2. The van der Waals surface area contributed by atoms with Gasteiger partial charge in [0.25, 0.3) is 0 Å². The van der Waals surface area contributed by atoms with E-state index in [9.17, 15) is 5.11 Å². The van der Waals surface area contributed by atoms with E-state index in [-0.39, 0.29) is 23.9 Å². The van der Waals surface area contributed by atoms with Crippen molar-refractivity contribution in [2.45, 2.75) is 70.2 Å². The molecule has 4 heteroatoms. The van der Waals surface area contributed by atoms with Crippen molar-refractivity contribution in [3.8, 4) is 0 Å². The van der Waals surface area contributed by atoms with E-state index in [0.717, 1.165) is 38.0 Å². The summed E-state index contributed by atoms with van der Waals surface area (Å²) in [4.78, 5) is 0. The quantitative estimate of drug-likeness (QED) is 0.737. The zero-order valence-electron chi connectivity index (χ0n) is 14.4. The van der Waals surface area contributed by atoms with Gasteiger partial charge in [-0.05, 0) is 61.9 Å². The summed E-state index contributed by atoms with van der Waals surface area (Å²) in [6.45, 7) is 7.63. The lowest BCUT2D eigenvalue weighted by Crippen LogP contribution is -2.50. The van der Waals surface area contributed by atoms with Gasteiger partial charge in [0.15, 0.2) is 5.79 Å². The van der Waals surface area contributed by atoms with Crippen LogP contribution in [-0.4, -0.2) is 41.9 Å². The molecule has 2 saturated carbocycles. The van der Waals surface area contributed by atoms with Crippen LogP contribution in [0.3, 0.4) is 0 Å². The first-order valence-electron chi connectivity index (χ1n) is 9.24. The van der Waals surface area contributed by atoms with Crippen LogP contribution in [0.5, 0.6) is 0 Å². The molecule has 4 unspecified atom stereocenters. The molecule has 2 aliphatic carbocycles. The minimum absolute atomic E-state index is 0.0303. The van der Waals surface area contributed by atoms with Gasteiger partial charge < -0.3 is 19.7 Å². The molecular formula is C19H32O4. The van der Waals surface area contributed by atoms with Crippen molar-refractivity contribution >= 4 is 0 Å². The van der Waals surface area contributed by atoms with Crippen molar-refractivity contribution in [2.24, 2.45) is 17.3 Å². The van der Waals surface area contributed by atoms with Crippen LogP contribution in [-0.2, 0) is 9.47 Å². The van der Waals surface area contributed by atoms with E-state index in [1.54, 1.807) is 0 Å². The molecule has 4 nitrogen and oxygen atoms in total. The molecule has 3 fully saturated rings. The monoisotopic (exact) mass is 324 g/mol. The number of ether oxygens (including phenoxy) is 2. The van der Waals surface area contributed by atoms with Crippen LogP contribution in [0.1, 0.15) is 58.3 Å². The fourth-order valence-electron chi connectivity index (χ4n) is 5.49. The second-order valence-electron chi connectivity index (χ2n) is 8.04. The van der Waals surface area contributed by atoms with Gasteiger partial charge in [0.05, 0.1) is 25.9 Å². The molecule has 0 aromatic carbocycles. The van der Waals surface area contributed by atoms with Gasteiger partial charge in [-0.1, -0.05) is 13.5 Å². The Hall–Kier alpha value is -0.420. The Kier molecular flexibility index (Phi) is 5.17. The highest BCUT2D eigenvalue weighted by Crippen LogP contribution is 2.61. The molecule has 2 N–H and O–H groups in total. The van der Waals surface area contributed by atoms with Crippen LogP contribution in [0.2, 0.25) is 0 Å². The number of hydrogen-bond acceptors (Lipinski definition) is 4. The Balaban J connectivity index is 1.60. The smallest absolute Gasteiger partial charge is 0.171 e. The minimum Gasteiger partial charge on any atom is -0.393 e. The number of rotatable bonds is 6. The highest BCUT2D eigenvalue weighted by molar-refractivity contribution is 5.05. The summed E-state index contributed by atoms with van der Waals surface area (Å²) in [7, 11) is 0. The van der Waals surface area contributed by atoms with Gasteiger partial charge in [0, 0.05) is 12.3 Å². The Morgan fingerprint density at radius 2 is 2.00 bits per heavy atom. The molecule has 1 spiro atoms. The Bertz CT molecular complexity index is 429. The molecule has 1 aliphatic heterocycles. The predicted octanol–water partition coefficient (Wildman–Crippen LogP) is 3.03. The molecule has 0 bridgehead atoms. The first-order valence-corrected chi connectivity index (χ1v) is 9.24. The minimum atomic E-state index is -0.381. The van der Waals surface area contributed by atoms with E-state index in [1.807, 2.05) is 0 Å². The van der Waals surface area contributed by atoms with Crippen LogP contribution in [0.25, 0.3) is 0 Å². The lowest BCUT2D eigenvalue weighted by atomic mass is 9.62. The highest BCUT2D eigenvalue weighted by atomic mass is 16.7. The molecule has 3 rings (SSSR count). The summed E-state index contributed by atoms with van der Waals surface area (Å²) in [5, 5.41) is 19.2. The van der Waals surface area contributed by atoms with Crippen molar-refractivity contribution in [3.63, 3.8) is 0 Å². The summed E-state index contributed by atoms with van der Waals surface area (Å²) >= 11 is 0. The number of aliphatic hydroxyl groups excluding tert-OH is 2. The third kappa shape index (κ3) is 3.23. The summed E-state index contributed by atoms with van der Waals surface area (Å²) in [5.41, 5.74) is 0.994. The molecule has 0 radical (unpaired) electrons. The van der Waals surface area contributed by atoms with E-state index < -0.39 is 0 Å².